The van der Waals surface area contributed by atoms with Gasteiger partial charge < -0.3 is 0 Å². The number of hydrogen-bond donors (Lipinski definition) is 0. The molecular weight excluding hydrogens is 374 g/mol. The van der Waals surface area contributed by atoms with Gasteiger partial charge >= 0.3 is 0 Å². The first-order chi connectivity index (χ1) is 13.1. The number of fused-ring (bicyclic) bond motifs is 1. The molecule has 1 aromatic heterocycles. The number of carbonyl (C=O) groups is 1. The molecule has 0 radical (unpaired) electrons. The van der Waals surface area contributed by atoms with Crippen molar-refractivity contribution >= 4 is 55.6 Å². The zero-order valence-electron chi connectivity index (χ0n) is 14.8. The highest BCUT2D eigenvalue weighted by Crippen LogP contribution is 2.36. The van der Waals surface area contributed by atoms with E-state index in [9.17, 15) is 4.79 Å². The molecule has 27 heavy (non-hydrogen) atoms. The molecule has 3 aromatic rings. The van der Waals surface area contributed by atoms with Crippen LogP contribution in [0.25, 0.3) is 16.3 Å². The van der Waals surface area contributed by atoms with Crippen molar-refractivity contribution in [3.05, 3.63) is 77.2 Å². The summed E-state index contributed by atoms with van der Waals surface area (Å²) < 4.78 is 1.08. The van der Waals surface area contributed by atoms with Crippen LogP contribution in [-0.2, 0) is 4.79 Å². The van der Waals surface area contributed by atoms with E-state index >= 15 is 0 Å². The lowest BCUT2D eigenvalue weighted by Gasteiger charge is -2.11. The Hall–Kier alpha value is -2.70. The van der Waals surface area contributed by atoms with Gasteiger partial charge in [-0.25, -0.2) is 4.98 Å². The number of para-hydroxylation sites is 1. The highest BCUT2D eigenvalue weighted by atomic mass is 32.2. The van der Waals surface area contributed by atoms with Crippen molar-refractivity contribution in [2.75, 3.05) is 6.54 Å². The summed E-state index contributed by atoms with van der Waals surface area (Å²) in [6.45, 7) is 6.22. The molecule has 0 unspecified atom stereocenters. The summed E-state index contributed by atoms with van der Waals surface area (Å²) >= 11 is 2.89. The maximum atomic E-state index is 12.8. The molecule has 4 rings (SSSR count). The van der Waals surface area contributed by atoms with Crippen LogP contribution in [0.15, 0.2) is 71.1 Å². The Morgan fingerprint density at radius 2 is 1.96 bits per heavy atom. The van der Waals surface area contributed by atoms with E-state index < -0.39 is 0 Å². The molecule has 0 bridgehead atoms. The molecule has 0 atom stereocenters. The molecule has 134 valence electrons. The highest BCUT2D eigenvalue weighted by molar-refractivity contribution is 8.18. The standard InChI is InChI=1S/C21H17N3OS2/c1-3-12-24-19(25)18(13-15-10-8-14(2)9-11-15)27-21(24)23-20-22-16-6-4-5-7-17(16)26-20/h3-11,13H,1,12H2,2H3/b18-13-,23-21-. The van der Waals surface area contributed by atoms with Crippen molar-refractivity contribution in [1.29, 1.82) is 0 Å². The van der Waals surface area contributed by atoms with E-state index in [1.54, 1.807) is 11.0 Å². The maximum Gasteiger partial charge on any atom is 0.267 e. The summed E-state index contributed by atoms with van der Waals surface area (Å²) in [7, 11) is 0. The average molecular weight is 392 g/mol. The fraction of sp³-hybridized carbons (Fsp3) is 0.0952. The molecule has 2 aromatic carbocycles. The van der Waals surface area contributed by atoms with Gasteiger partial charge in [-0.2, -0.15) is 4.99 Å². The fourth-order valence-corrected chi connectivity index (χ4v) is 4.57. The Morgan fingerprint density at radius 3 is 2.70 bits per heavy atom. The topological polar surface area (TPSA) is 45.6 Å². The molecule has 0 N–H and O–H groups in total. The minimum atomic E-state index is -0.0552. The summed E-state index contributed by atoms with van der Waals surface area (Å²) in [4.78, 5) is 24.3. The zero-order valence-corrected chi connectivity index (χ0v) is 16.4. The summed E-state index contributed by atoms with van der Waals surface area (Å²) in [5, 5.41) is 1.29. The van der Waals surface area contributed by atoms with Gasteiger partial charge in [-0.3, -0.25) is 9.69 Å². The molecule has 1 amide bonds. The third kappa shape index (κ3) is 3.72. The number of rotatable bonds is 4. The van der Waals surface area contributed by atoms with Crippen LogP contribution in [0.2, 0.25) is 0 Å². The van der Waals surface area contributed by atoms with E-state index in [1.807, 2.05) is 61.5 Å². The van der Waals surface area contributed by atoms with Crippen LogP contribution in [0.5, 0.6) is 0 Å². The van der Waals surface area contributed by atoms with Gasteiger partial charge in [0, 0.05) is 6.54 Å². The number of nitrogens with zero attached hydrogens (tertiary/aromatic N) is 3. The minimum absolute atomic E-state index is 0.0552. The molecule has 0 saturated carbocycles. The van der Waals surface area contributed by atoms with Crippen LogP contribution in [0.3, 0.4) is 0 Å². The van der Waals surface area contributed by atoms with Gasteiger partial charge in [-0.15, -0.1) is 6.58 Å². The van der Waals surface area contributed by atoms with Gasteiger partial charge in [0.1, 0.15) is 0 Å². The third-order valence-electron chi connectivity index (χ3n) is 4.05. The lowest BCUT2D eigenvalue weighted by atomic mass is 10.1. The Bertz CT molecular complexity index is 1050. The normalized spacial score (nSPS) is 17.4. The first-order valence-electron chi connectivity index (χ1n) is 8.47. The Kier molecular flexibility index (Phi) is 4.92. The number of hydrogen-bond acceptors (Lipinski definition) is 5. The molecule has 4 nitrogen and oxygen atoms in total. The number of benzene rings is 2. The average Bonchev–Trinajstić information content (AvgIpc) is 3.20. The first kappa shape index (κ1) is 17.7. The number of aryl methyl sites for hydroxylation is 1. The zero-order chi connectivity index (χ0) is 18.8. The molecule has 0 aliphatic carbocycles. The lowest BCUT2D eigenvalue weighted by Crippen LogP contribution is -2.29. The van der Waals surface area contributed by atoms with Crippen LogP contribution in [0, 0.1) is 6.92 Å². The molecular formula is C21H17N3OS2. The quantitative estimate of drug-likeness (QED) is 0.442. The number of amides is 1. The number of aromatic nitrogens is 1. The lowest BCUT2D eigenvalue weighted by molar-refractivity contribution is -0.121. The van der Waals surface area contributed by atoms with Crippen LogP contribution < -0.4 is 0 Å². The number of amidine groups is 1. The van der Waals surface area contributed by atoms with E-state index in [0.29, 0.717) is 21.7 Å². The predicted octanol–water partition coefficient (Wildman–Crippen LogP) is 5.39. The van der Waals surface area contributed by atoms with E-state index in [4.69, 9.17) is 0 Å². The molecule has 6 heteroatoms. The molecule has 1 aliphatic rings. The number of carbonyl (C=O) groups excluding carboxylic acids is 1. The van der Waals surface area contributed by atoms with Gasteiger partial charge in [-0.1, -0.05) is 59.4 Å². The summed E-state index contributed by atoms with van der Waals surface area (Å²) in [5.41, 5.74) is 3.10. The Morgan fingerprint density at radius 1 is 1.19 bits per heavy atom. The second-order valence-corrected chi connectivity index (χ2v) is 8.10. The second-order valence-electron chi connectivity index (χ2n) is 6.08. The van der Waals surface area contributed by atoms with E-state index in [-0.39, 0.29) is 5.91 Å². The Labute approximate surface area is 166 Å². The summed E-state index contributed by atoms with van der Waals surface area (Å²) in [5.74, 6) is -0.0552. The number of thioether (sulfide) groups is 1. The van der Waals surface area contributed by atoms with Crippen molar-refractivity contribution in [1.82, 2.24) is 9.88 Å². The van der Waals surface area contributed by atoms with Crippen molar-refractivity contribution in [2.45, 2.75) is 6.92 Å². The summed E-state index contributed by atoms with van der Waals surface area (Å²) in [6, 6.07) is 16.0. The highest BCUT2D eigenvalue weighted by Gasteiger charge is 2.32. The van der Waals surface area contributed by atoms with E-state index in [2.05, 4.69) is 16.6 Å². The largest absolute Gasteiger partial charge is 0.282 e. The first-order valence-corrected chi connectivity index (χ1v) is 10.1. The second kappa shape index (κ2) is 7.50. The molecule has 2 heterocycles. The number of thiazole rings is 1. The van der Waals surface area contributed by atoms with Gasteiger partial charge in [0.05, 0.1) is 15.1 Å². The van der Waals surface area contributed by atoms with Gasteiger partial charge in [0.25, 0.3) is 5.91 Å². The predicted molar refractivity (Wildman–Crippen MR) is 115 cm³/mol. The van der Waals surface area contributed by atoms with Crippen molar-refractivity contribution in [2.24, 2.45) is 4.99 Å². The maximum absolute atomic E-state index is 12.8. The van der Waals surface area contributed by atoms with Gasteiger partial charge in [-0.05, 0) is 42.5 Å². The van der Waals surface area contributed by atoms with Crippen molar-refractivity contribution in [3.63, 3.8) is 0 Å². The molecule has 1 saturated heterocycles. The number of aliphatic imine (C=N–C) groups is 1. The van der Waals surface area contributed by atoms with Gasteiger partial charge in [0.2, 0.25) is 5.13 Å². The SMILES string of the molecule is C=CCN1C(=O)/C(=C/c2ccc(C)cc2)S/C1=N\c1nc2ccccc2s1. The van der Waals surface area contributed by atoms with Crippen LogP contribution in [-0.4, -0.2) is 27.5 Å². The molecule has 0 spiro atoms. The van der Waals surface area contributed by atoms with Crippen molar-refractivity contribution < 1.29 is 4.79 Å². The smallest absolute Gasteiger partial charge is 0.267 e. The van der Waals surface area contributed by atoms with Crippen molar-refractivity contribution in [3.8, 4) is 0 Å². The van der Waals surface area contributed by atoms with Crippen LogP contribution >= 0.6 is 23.1 Å². The fourth-order valence-electron chi connectivity index (χ4n) is 2.69. The molecule has 1 fully saturated rings. The van der Waals surface area contributed by atoms with Gasteiger partial charge in [0.15, 0.2) is 5.17 Å². The minimum Gasteiger partial charge on any atom is -0.282 e. The third-order valence-corrected chi connectivity index (χ3v) is 5.99. The molecule has 1 aliphatic heterocycles. The summed E-state index contributed by atoms with van der Waals surface area (Å²) in [6.07, 6.45) is 3.62. The van der Waals surface area contributed by atoms with Crippen LogP contribution in [0.4, 0.5) is 5.13 Å². The Balaban J connectivity index is 1.69. The van der Waals surface area contributed by atoms with Crippen LogP contribution in [0.1, 0.15) is 11.1 Å². The monoisotopic (exact) mass is 391 g/mol. The van der Waals surface area contributed by atoms with E-state index in [1.165, 1.54) is 28.7 Å². The van der Waals surface area contributed by atoms with E-state index in [0.717, 1.165) is 15.8 Å².